The average Bonchev–Trinajstić information content (AvgIpc) is 2.48. The minimum absolute atomic E-state index is 0.511. The number of hydrogen-bond donors (Lipinski definition) is 0. The Labute approximate surface area is 112 Å². The predicted octanol–water partition coefficient (Wildman–Crippen LogP) is 3.30. The molecule has 2 aromatic rings. The Morgan fingerprint density at radius 3 is 1.84 bits per heavy atom. The lowest BCUT2D eigenvalue weighted by Gasteiger charge is -2.15. The van der Waals surface area contributed by atoms with Crippen LogP contribution in [0.25, 0.3) is 0 Å². The molecule has 0 aromatic heterocycles. The summed E-state index contributed by atoms with van der Waals surface area (Å²) in [5.41, 5.74) is 0. The van der Waals surface area contributed by atoms with Gasteiger partial charge in [-0.3, -0.25) is 0 Å². The second-order valence-corrected chi connectivity index (χ2v) is 3.70. The van der Waals surface area contributed by atoms with Crippen LogP contribution in [0, 0.1) is 6.07 Å². The molecule has 0 aliphatic carbocycles. The van der Waals surface area contributed by atoms with E-state index in [0.717, 1.165) is 0 Å². The van der Waals surface area contributed by atoms with Crippen LogP contribution in [0.3, 0.4) is 0 Å². The number of hydrogen-bond acceptors (Lipinski definition) is 4. The first-order valence-electron chi connectivity index (χ1n) is 5.72. The van der Waals surface area contributed by atoms with Gasteiger partial charge in [0, 0.05) is 12.1 Å². The van der Waals surface area contributed by atoms with Gasteiger partial charge in [0.1, 0.15) is 11.5 Å². The smallest absolute Gasteiger partial charge is 0.211 e. The van der Waals surface area contributed by atoms with Crippen molar-refractivity contribution < 1.29 is 18.9 Å². The van der Waals surface area contributed by atoms with Crippen LogP contribution < -0.4 is 18.9 Å². The Hall–Kier alpha value is -2.36. The first-order chi connectivity index (χ1) is 9.28. The number of rotatable bonds is 5. The summed E-state index contributed by atoms with van der Waals surface area (Å²) < 4.78 is 21.6. The molecule has 4 nitrogen and oxygen atoms in total. The zero-order chi connectivity index (χ0) is 13.7. The molecule has 0 fully saturated rings. The third kappa shape index (κ3) is 2.91. The van der Waals surface area contributed by atoms with Crippen molar-refractivity contribution >= 4 is 0 Å². The highest BCUT2D eigenvalue weighted by molar-refractivity contribution is 5.57. The molecule has 0 spiro atoms. The molecule has 0 bridgehead atoms. The number of ether oxygens (including phenoxy) is 4. The molecular formula is C15H15O4. The second kappa shape index (κ2) is 6.00. The molecule has 0 amide bonds. The molecule has 0 heterocycles. The lowest BCUT2D eigenvalue weighted by atomic mass is 10.2. The SMILES string of the molecule is COc1cc(OC)c(Oc2cc[c]cc2)c(OC)c1. The van der Waals surface area contributed by atoms with Crippen LogP contribution >= 0.6 is 0 Å². The van der Waals surface area contributed by atoms with Gasteiger partial charge in [0.2, 0.25) is 5.75 Å². The van der Waals surface area contributed by atoms with Crippen LogP contribution in [0.15, 0.2) is 36.4 Å². The highest BCUT2D eigenvalue weighted by atomic mass is 16.5. The lowest BCUT2D eigenvalue weighted by Crippen LogP contribution is -1.96. The maximum Gasteiger partial charge on any atom is 0.211 e. The summed E-state index contributed by atoms with van der Waals surface area (Å²) in [5, 5.41) is 0. The van der Waals surface area contributed by atoms with Crippen molar-refractivity contribution in [1.82, 2.24) is 0 Å². The van der Waals surface area contributed by atoms with E-state index in [9.17, 15) is 0 Å². The molecule has 2 rings (SSSR count). The van der Waals surface area contributed by atoms with Gasteiger partial charge in [0.15, 0.2) is 11.5 Å². The fourth-order valence-corrected chi connectivity index (χ4v) is 1.63. The standard InChI is InChI=1S/C15H15O4/c1-16-12-9-13(17-2)15(14(10-12)18-3)19-11-7-5-4-6-8-11/h5-10H,1-3H3. The van der Waals surface area contributed by atoms with Crippen LogP contribution in [0.5, 0.6) is 28.7 Å². The van der Waals surface area contributed by atoms with E-state index in [4.69, 9.17) is 18.9 Å². The highest BCUT2D eigenvalue weighted by Gasteiger charge is 2.15. The van der Waals surface area contributed by atoms with Crippen molar-refractivity contribution in [2.45, 2.75) is 0 Å². The molecule has 1 radical (unpaired) electrons. The van der Waals surface area contributed by atoms with Crippen LogP contribution in [-0.4, -0.2) is 21.3 Å². The summed E-state index contributed by atoms with van der Waals surface area (Å²) in [5.74, 6) is 2.92. The molecule has 0 atom stereocenters. The van der Waals surface area contributed by atoms with E-state index in [1.54, 1.807) is 45.6 Å². The molecule has 0 N–H and O–H groups in total. The molecule has 0 aliphatic heterocycles. The fourth-order valence-electron chi connectivity index (χ4n) is 1.63. The Morgan fingerprint density at radius 2 is 1.37 bits per heavy atom. The van der Waals surface area contributed by atoms with Crippen molar-refractivity contribution in [2.24, 2.45) is 0 Å². The van der Waals surface area contributed by atoms with Gasteiger partial charge in [0.05, 0.1) is 21.3 Å². The zero-order valence-electron chi connectivity index (χ0n) is 11.1. The van der Waals surface area contributed by atoms with Crippen molar-refractivity contribution in [3.05, 3.63) is 42.5 Å². The maximum absolute atomic E-state index is 5.80. The molecule has 99 valence electrons. The molecule has 0 saturated carbocycles. The van der Waals surface area contributed by atoms with E-state index in [0.29, 0.717) is 28.7 Å². The van der Waals surface area contributed by atoms with Crippen LogP contribution in [0.4, 0.5) is 0 Å². The first kappa shape index (κ1) is 13.1. The van der Waals surface area contributed by atoms with E-state index in [-0.39, 0.29) is 0 Å². The van der Waals surface area contributed by atoms with Crippen LogP contribution in [0.2, 0.25) is 0 Å². The Kier molecular flexibility index (Phi) is 4.13. The molecule has 19 heavy (non-hydrogen) atoms. The number of methoxy groups -OCH3 is 3. The van der Waals surface area contributed by atoms with Crippen molar-refractivity contribution in [1.29, 1.82) is 0 Å². The van der Waals surface area contributed by atoms with Gasteiger partial charge in [-0.25, -0.2) is 0 Å². The van der Waals surface area contributed by atoms with E-state index >= 15 is 0 Å². The summed E-state index contributed by atoms with van der Waals surface area (Å²) >= 11 is 0. The van der Waals surface area contributed by atoms with Crippen molar-refractivity contribution in [2.75, 3.05) is 21.3 Å². The van der Waals surface area contributed by atoms with E-state index in [1.165, 1.54) is 0 Å². The predicted molar refractivity (Wildman–Crippen MR) is 71.5 cm³/mol. The fraction of sp³-hybridized carbons (Fsp3) is 0.200. The van der Waals surface area contributed by atoms with Crippen LogP contribution in [-0.2, 0) is 0 Å². The van der Waals surface area contributed by atoms with Gasteiger partial charge in [-0.05, 0) is 18.2 Å². The second-order valence-electron chi connectivity index (χ2n) is 3.70. The van der Waals surface area contributed by atoms with Gasteiger partial charge in [0.25, 0.3) is 0 Å². The molecule has 0 saturated heterocycles. The van der Waals surface area contributed by atoms with Gasteiger partial charge in [-0.15, -0.1) is 0 Å². The minimum Gasteiger partial charge on any atom is -0.496 e. The monoisotopic (exact) mass is 259 g/mol. The molecular weight excluding hydrogens is 244 g/mol. The van der Waals surface area contributed by atoms with Crippen LogP contribution in [0.1, 0.15) is 0 Å². The summed E-state index contributed by atoms with van der Waals surface area (Å²) in [6, 6.07) is 13.6. The summed E-state index contributed by atoms with van der Waals surface area (Å²) in [6.45, 7) is 0. The van der Waals surface area contributed by atoms with Crippen molar-refractivity contribution in [3.63, 3.8) is 0 Å². The van der Waals surface area contributed by atoms with Gasteiger partial charge in [-0.1, -0.05) is 12.1 Å². The maximum atomic E-state index is 5.80. The molecule has 4 heteroatoms. The third-order valence-electron chi connectivity index (χ3n) is 2.58. The summed E-state index contributed by atoms with van der Waals surface area (Å²) in [7, 11) is 4.72. The highest BCUT2D eigenvalue weighted by Crippen LogP contribution is 2.43. The largest absolute Gasteiger partial charge is 0.496 e. The summed E-state index contributed by atoms with van der Waals surface area (Å²) in [4.78, 5) is 0. The zero-order valence-corrected chi connectivity index (χ0v) is 11.1. The van der Waals surface area contributed by atoms with Gasteiger partial charge < -0.3 is 18.9 Å². The Morgan fingerprint density at radius 1 is 0.789 bits per heavy atom. The topological polar surface area (TPSA) is 36.9 Å². The van der Waals surface area contributed by atoms with E-state index < -0.39 is 0 Å². The van der Waals surface area contributed by atoms with E-state index in [2.05, 4.69) is 6.07 Å². The Bertz CT molecular complexity index is 512. The molecule has 0 aliphatic rings. The Balaban J connectivity index is 2.42. The first-order valence-corrected chi connectivity index (χ1v) is 5.72. The summed E-state index contributed by atoms with van der Waals surface area (Å²) in [6.07, 6.45) is 0. The van der Waals surface area contributed by atoms with Crippen molar-refractivity contribution in [3.8, 4) is 28.7 Å². The lowest BCUT2D eigenvalue weighted by molar-refractivity contribution is 0.337. The minimum atomic E-state index is 0.511. The average molecular weight is 259 g/mol. The van der Waals surface area contributed by atoms with E-state index in [1.807, 2.05) is 12.1 Å². The normalized spacial score (nSPS) is 9.84. The van der Waals surface area contributed by atoms with Gasteiger partial charge in [-0.2, -0.15) is 0 Å². The molecule has 2 aromatic carbocycles. The molecule has 0 unspecified atom stereocenters. The number of benzene rings is 2. The quantitative estimate of drug-likeness (QED) is 0.825. The third-order valence-corrected chi connectivity index (χ3v) is 2.58. The van der Waals surface area contributed by atoms with Gasteiger partial charge >= 0.3 is 0 Å².